The minimum atomic E-state index is 0.148. The molecule has 4 heteroatoms. The number of aromatic hydroxyl groups is 1. The number of hydrogen-bond donors (Lipinski definition) is 1. The van der Waals surface area contributed by atoms with E-state index in [9.17, 15) is 0 Å². The van der Waals surface area contributed by atoms with Gasteiger partial charge in [-0.25, -0.2) is 0 Å². The first kappa shape index (κ1) is 4.24. The molecule has 7 heavy (non-hydrogen) atoms. The van der Waals surface area contributed by atoms with Gasteiger partial charge in [-0.3, -0.25) is 0 Å². The van der Waals surface area contributed by atoms with Crippen molar-refractivity contribution >= 4 is 7.05 Å². The third-order valence-electron chi connectivity index (χ3n) is 0.569. The maximum absolute atomic E-state index is 8.53. The zero-order valence-corrected chi connectivity index (χ0v) is 3.57. The van der Waals surface area contributed by atoms with Crippen LogP contribution in [0.2, 0.25) is 0 Å². The fourth-order valence-corrected chi connectivity index (χ4v) is 0.284. The van der Waals surface area contributed by atoms with Gasteiger partial charge in [-0.2, -0.15) is 0 Å². The van der Waals surface area contributed by atoms with Crippen molar-refractivity contribution in [2.75, 3.05) is 0 Å². The van der Waals surface area contributed by atoms with E-state index in [0.717, 1.165) is 0 Å². The molecular formula is C3H3BN2O. The molecule has 1 N–H and O–H groups in total. The predicted molar refractivity (Wildman–Crippen MR) is 25.0 cm³/mol. The molecule has 1 aromatic heterocycles. The van der Waals surface area contributed by atoms with E-state index in [2.05, 4.69) is 10.1 Å². The summed E-state index contributed by atoms with van der Waals surface area (Å²) in [5.74, 6) is 0. The molecule has 0 atom stereocenters. The zero-order valence-electron chi connectivity index (χ0n) is 3.57. The standard InChI is InChI=1S/C3H3BN2O/c7-3-1-2-5-6-4-3/h1-2,7H. The summed E-state index contributed by atoms with van der Waals surface area (Å²) in [7, 11) is 1.28. The van der Waals surface area contributed by atoms with E-state index < -0.39 is 0 Å². The summed E-state index contributed by atoms with van der Waals surface area (Å²) >= 11 is 0. The summed E-state index contributed by atoms with van der Waals surface area (Å²) in [4.78, 5) is 0. The molecule has 0 aliphatic rings. The third-order valence-corrected chi connectivity index (χ3v) is 0.569. The molecule has 34 valence electrons. The van der Waals surface area contributed by atoms with Gasteiger partial charge >= 0.3 is 40.2 Å². The van der Waals surface area contributed by atoms with Crippen molar-refractivity contribution in [3.63, 3.8) is 0 Å². The molecule has 1 aromatic rings. The molecule has 0 aromatic carbocycles. The average molecular weight is 93.9 g/mol. The van der Waals surface area contributed by atoms with E-state index in [1.165, 1.54) is 19.3 Å². The van der Waals surface area contributed by atoms with Gasteiger partial charge < -0.3 is 0 Å². The van der Waals surface area contributed by atoms with Crippen LogP contribution in [0.1, 0.15) is 0 Å². The number of hydrogen-bond acceptors (Lipinski definition) is 3. The Hall–Kier alpha value is -0.925. The first-order valence-corrected chi connectivity index (χ1v) is 1.85. The molecule has 0 aliphatic heterocycles. The Morgan fingerprint density at radius 1 is 1.71 bits per heavy atom. The normalized spacial score (nSPS) is 8.00. The molecular weight excluding hydrogens is 90.9 g/mol. The van der Waals surface area contributed by atoms with E-state index in [0.29, 0.717) is 0 Å². The van der Waals surface area contributed by atoms with Crippen LogP contribution in [0.3, 0.4) is 0 Å². The fourth-order valence-electron chi connectivity index (χ4n) is 0.284. The Morgan fingerprint density at radius 3 is 2.86 bits per heavy atom. The Balaban J connectivity index is 3.02. The third kappa shape index (κ3) is 0.959. The zero-order chi connectivity index (χ0) is 5.11. The van der Waals surface area contributed by atoms with E-state index in [1.54, 1.807) is 0 Å². The SMILES string of the molecule is Oc1bnncc1. The first-order chi connectivity index (χ1) is 3.39. The van der Waals surface area contributed by atoms with Gasteiger partial charge in [0.2, 0.25) is 0 Å². The Labute approximate surface area is 41.3 Å². The molecule has 1 heterocycles. The van der Waals surface area contributed by atoms with Gasteiger partial charge in [-0.05, 0) is 0 Å². The summed E-state index contributed by atoms with van der Waals surface area (Å²) in [6.07, 6.45) is 1.43. The summed E-state index contributed by atoms with van der Waals surface area (Å²) in [6.45, 7) is 0. The van der Waals surface area contributed by atoms with E-state index >= 15 is 0 Å². The summed E-state index contributed by atoms with van der Waals surface area (Å²) < 4.78 is 0. The minimum absolute atomic E-state index is 0.148. The molecule has 0 radical (unpaired) electrons. The predicted octanol–water partition coefficient (Wildman–Crippen LogP) is -0.480. The van der Waals surface area contributed by atoms with Crippen LogP contribution in [0.4, 0.5) is 0 Å². The average Bonchev–Trinajstić information content (AvgIpc) is 1.69. The van der Waals surface area contributed by atoms with Crippen LogP contribution in [0, 0.1) is 0 Å². The monoisotopic (exact) mass is 94.0 g/mol. The molecule has 0 bridgehead atoms. The second kappa shape index (κ2) is 1.68. The quantitative estimate of drug-likeness (QED) is 0.472. The fraction of sp³-hybridized carbons (Fsp3) is 0. The molecule has 0 amide bonds. The van der Waals surface area contributed by atoms with Crippen molar-refractivity contribution in [2.24, 2.45) is 0 Å². The second-order valence-electron chi connectivity index (χ2n) is 1.10. The van der Waals surface area contributed by atoms with Crippen molar-refractivity contribution in [1.29, 1.82) is 0 Å². The van der Waals surface area contributed by atoms with E-state index in [4.69, 9.17) is 5.11 Å². The maximum atomic E-state index is 8.53. The van der Waals surface area contributed by atoms with Gasteiger partial charge in [0.1, 0.15) is 0 Å². The molecule has 0 saturated carbocycles. The molecule has 0 saturated heterocycles. The summed E-state index contributed by atoms with van der Waals surface area (Å²) in [5.41, 5.74) is 0.148. The van der Waals surface area contributed by atoms with Crippen molar-refractivity contribution in [2.45, 2.75) is 0 Å². The van der Waals surface area contributed by atoms with Gasteiger partial charge in [-0.1, -0.05) is 0 Å². The molecule has 1 rings (SSSR count). The van der Waals surface area contributed by atoms with E-state index in [1.807, 2.05) is 0 Å². The number of rotatable bonds is 0. The Morgan fingerprint density at radius 2 is 2.57 bits per heavy atom. The van der Waals surface area contributed by atoms with Crippen molar-refractivity contribution in [3.05, 3.63) is 12.3 Å². The van der Waals surface area contributed by atoms with Gasteiger partial charge in [0.05, 0.1) is 0 Å². The van der Waals surface area contributed by atoms with Crippen molar-refractivity contribution < 1.29 is 5.11 Å². The van der Waals surface area contributed by atoms with E-state index in [-0.39, 0.29) is 5.64 Å². The number of nitrogens with zero attached hydrogens (tertiary/aromatic N) is 2. The van der Waals surface area contributed by atoms with Crippen LogP contribution >= 0.6 is 0 Å². The van der Waals surface area contributed by atoms with Crippen LogP contribution in [-0.2, 0) is 0 Å². The van der Waals surface area contributed by atoms with Gasteiger partial charge in [0.15, 0.2) is 0 Å². The Bertz CT molecular complexity index is 143. The molecule has 3 nitrogen and oxygen atoms in total. The molecule has 0 fully saturated rings. The van der Waals surface area contributed by atoms with Crippen molar-refractivity contribution in [1.82, 2.24) is 10.1 Å². The second-order valence-corrected chi connectivity index (χ2v) is 1.10. The van der Waals surface area contributed by atoms with Crippen LogP contribution in [0.5, 0.6) is 5.64 Å². The Kier molecular flexibility index (Phi) is 1.02. The van der Waals surface area contributed by atoms with Gasteiger partial charge in [-0.15, -0.1) is 0 Å². The summed E-state index contributed by atoms with van der Waals surface area (Å²) in [6, 6.07) is 1.47. The van der Waals surface area contributed by atoms with Crippen LogP contribution in [0.15, 0.2) is 12.3 Å². The number of aromatic nitrogens is 2. The van der Waals surface area contributed by atoms with Crippen LogP contribution < -0.4 is 0 Å². The topological polar surface area (TPSA) is 46.0 Å². The van der Waals surface area contributed by atoms with Gasteiger partial charge in [0, 0.05) is 0 Å². The summed E-state index contributed by atoms with van der Waals surface area (Å²) in [5, 5.41) is 15.3. The molecule has 0 unspecified atom stereocenters. The molecule has 0 aliphatic carbocycles. The first-order valence-electron chi connectivity index (χ1n) is 1.85. The molecule has 0 spiro atoms. The van der Waals surface area contributed by atoms with Gasteiger partial charge in [0.25, 0.3) is 0 Å². The van der Waals surface area contributed by atoms with Crippen molar-refractivity contribution in [3.8, 4) is 5.64 Å². The van der Waals surface area contributed by atoms with Crippen LogP contribution in [-0.4, -0.2) is 22.3 Å². The van der Waals surface area contributed by atoms with Crippen LogP contribution in [0.25, 0.3) is 0 Å².